The molecule has 0 aromatic heterocycles. The Morgan fingerprint density at radius 3 is 2.68 bits per heavy atom. The van der Waals surface area contributed by atoms with Gasteiger partial charge in [0.2, 0.25) is 15.9 Å². The highest BCUT2D eigenvalue weighted by molar-refractivity contribution is 7.89. The van der Waals surface area contributed by atoms with Gasteiger partial charge in [0, 0.05) is 24.7 Å². The smallest absolute Gasteiger partial charge is 0.244 e. The van der Waals surface area contributed by atoms with E-state index in [0.717, 1.165) is 12.8 Å². The molecule has 122 valence electrons. The molecule has 1 saturated carbocycles. The van der Waals surface area contributed by atoms with Crippen molar-refractivity contribution in [1.29, 1.82) is 0 Å². The van der Waals surface area contributed by atoms with E-state index in [9.17, 15) is 13.2 Å². The molecule has 1 aliphatic rings. The van der Waals surface area contributed by atoms with Gasteiger partial charge in [-0.25, -0.2) is 13.1 Å². The van der Waals surface area contributed by atoms with Crippen LogP contribution in [-0.2, 0) is 14.8 Å². The maximum Gasteiger partial charge on any atom is 0.244 e. The summed E-state index contributed by atoms with van der Waals surface area (Å²) >= 11 is 0. The number of hydrogen-bond acceptors (Lipinski definition) is 5. The van der Waals surface area contributed by atoms with Crippen LogP contribution >= 0.6 is 0 Å². The van der Waals surface area contributed by atoms with E-state index < -0.39 is 10.0 Å². The van der Waals surface area contributed by atoms with Gasteiger partial charge in [0.1, 0.15) is 10.6 Å². The van der Waals surface area contributed by atoms with Gasteiger partial charge in [-0.05, 0) is 38.1 Å². The number of sulfonamides is 1. The first kappa shape index (κ1) is 16.7. The van der Waals surface area contributed by atoms with Crippen molar-refractivity contribution in [3.63, 3.8) is 0 Å². The molecule has 0 aliphatic heterocycles. The summed E-state index contributed by atoms with van der Waals surface area (Å²) in [7, 11) is -0.482. The number of benzene rings is 1. The monoisotopic (exact) mass is 327 g/mol. The summed E-state index contributed by atoms with van der Waals surface area (Å²) in [5, 5.41) is 5.56. The van der Waals surface area contributed by atoms with Crippen molar-refractivity contribution in [2.45, 2.75) is 30.2 Å². The van der Waals surface area contributed by atoms with Gasteiger partial charge in [0.25, 0.3) is 0 Å². The minimum atomic E-state index is -3.65. The minimum absolute atomic E-state index is 0.00332. The molecule has 0 saturated heterocycles. The molecule has 22 heavy (non-hydrogen) atoms. The second-order valence-electron chi connectivity index (χ2n) is 5.16. The van der Waals surface area contributed by atoms with Gasteiger partial charge in [-0.15, -0.1) is 0 Å². The molecule has 0 radical (unpaired) electrons. The third-order valence-electron chi connectivity index (χ3n) is 3.24. The van der Waals surface area contributed by atoms with Crippen molar-refractivity contribution in [1.82, 2.24) is 10.0 Å². The maximum absolute atomic E-state index is 12.4. The predicted molar refractivity (Wildman–Crippen MR) is 83.5 cm³/mol. The highest BCUT2D eigenvalue weighted by Gasteiger charge is 2.30. The molecule has 0 heterocycles. The summed E-state index contributed by atoms with van der Waals surface area (Å²) in [5.74, 6) is 0.0689. The summed E-state index contributed by atoms with van der Waals surface area (Å²) in [4.78, 5) is 11.8. The second kappa shape index (κ2) is 7.08. The van der Waals surface area contributed by atoms with Crippen molar-refractivity contribution < 1.29 is 17.9 Å². The standard InChI is InChI=1S/C14H21N3O4S/c1-15-8-7-14(18)16-11-5-6-12(21-2)13(9-11)22(19,20)17-10-3-4-10/h5-6,9-10,15,17H,3-4,7-8H2,1-2H3,(H,16,18). The van der Waals surface area contributed by atoms with Gasteiger partial charge in [0.05, 0.1) is 7.11 Å². The average molecular weight is 327 g/mol. The summed E-state index contributed by atoms with van der Waals surface area (Å²) in [5.41, 5.74) is 0.429. The number of hydrogen-bond donors (Lipinski definition) is 3. The number of rotatable bonds is 8. The zero-order valence-electron chi connectivity index (χ0n) is 12.7. The van der Waals surface area contributed by atoms with E-state index in [1.54, 1.807) is 13.1 Å². The fourth-order valence-electron chi connectivity index (χ4n) is 1.91. The predicted octanol–water partition coefficient (Wildman–Crippen LogP) is 0.684. The van der Waals surface area contributed by atoms with Gasteiger partial charge < -0.3 is 15.4 Å². The normalized spacial score (nSPS) is 14.6. The van der Waals surface area contributed by atoms with E-state index in [2.05, 4.69) is 15.4 Å². The van der Waals surface area contributed by atoms with Crippen LogP contribution in [0.15, 0.2) is 23.1 Å². The molecule has 1 aromatic carbocycles. The summed E-state index contributed by atoms with van der Waals surface area (Å²) < 4.78 is 32.4. The van der Waals surface area contributed by atoms with Crippen molar-refractivity contribution in [2.24, 2.45) is 0 Å². The van der Waals surface area contributed by atoms with Crippen LogP contribution < -0.4 is 20.1 Å². The Hall–Kier alpha value is -1.64. The van der Waals surface area contributed by atoms with Gasteiger partial charge in [-0.2, -0.15) is 0 Å². The van der Waals surface area contributed by atoms with Crippen molar-refractivity contribution in [2.75, 3.05) is 26.0 Å². The van der Waals surface area contributed by atoms with Gasteiger partial charge in [0.15, 0.2) is 0 Å². The highest BCUT2D eigenvalue weighted by atomic mass is 32.2. The molecule has 3 N–H and O–H groups in total. The van der Waals surface area contributed by atoms with Crippen molar-refractivity contribution in [3.8, 4) is 5.75 Å². The van der Waals surface area contributed by atoms with E-state index in [4.69, 9.17) is 4.74 Å². The highest BCUT2D eigenvalue weighted by Crippen LogP contribution is 2.29. The fraction of sp³-hybridized carbons (Fsp3) is 0.500. The van der Waals surface area contributed by atoms with E-state index in [0.29, 0.717) is 18.7 Å². The molecule has 7 nitrogen and oxygen atoms in total. The Morgan fingerprint density at radius 1 is 1.36 bits per heavy atom. The number of carbonyl (C=O) groups is 1. The summed E-state index contributed by atoms with van der Waals surface area (Å²) in [6.07, 6.45) is 2.01. The Morgan fingerprint density at radius 2 is 2.09 bits per heavy atom. The lowest BCUT2D eigenvalue weighted by molar-refractivity contribution is -0.116. The van der Waals surface area contributed by atoms with Crippen molar-refractivity contribution in [3.05, 3.63) is 18.2 Å². The van der Waals surface area contributed by atoms with Crippen LogP contribution in [0.3, 0.4) is 0 Å². The third kappa shape index (κ3) is 4.43. The van der Waals surface area contributed by atoms with Gasteiger partial charge in [-0.1, -0.05) is 0 Å². The van der Waals surface area contributed by atoms with Crippen LogP contribution in [0, 0.1) is 0 Å². The topological polar surface area (TPSA) is 96.5 Å². The number of ether oxygens (including phenoxy) is 1. The molecule has 1 amide bonds. The fourth-order valence-corrected chi connectivity index (χ4v) is 3.41. The number of anilines is 1. The molecule has 1 aromatic rings. The first-order valence-electron chi connectivity index (χ1n) is 7.11. The van der Waals surface area contributed by atoms with Crippen LogP contribution in [0.4, 0.5) is 5.69 Å². The zero-order chi connectivity index (χ0) is 16.2. The Bertz CT molecular complexity index is 641. The lowest BCUT2D eigenvalue weighted by Crippen LogP contribution is -2.26. The van der Waals surface area contributed by atoms with Crippen LogP contribution in [0.1, 0.15) is 19.3 Å². The lowest BCUT2D eigenvalue weighted by Gasteiger charge is -2.13. The van der Waals surface area contributed by atoms with Gasteiger partial charge in [-0.3, -0.25) is 4.79 Å². The van der Waals surface area contributed by atoms with E-state index in [-0.39, 0.29) is 22.6 Å². The first-order chi connectivity index (χ1) is 10.5. The summed E-state index contributed by atoms with van der Waals surface area (Å²) in [6.45, 7) is 0.552. The SMILES string of the molecule is CNCCC(=O)Nc1ccc(OC)c(S(=O)(=O)NC2CC2)c1. The third-order valence-corrected chi connectivity index (χ3v) is 4.78. The second-order valence-corrected chi connectivity index (χ2v) is 6.85. The quantitative estimate of drug-likeness (QED) is 0.652. The summed E-state index contributed by atoms with van der Waals surface area (Å²) in [6, 6.07) is 4.57. The van der Waals surface area contributed by atoms with Crippen LogP contribution in [0.5, 0.6) is 5.75 Å². The molecule has 0 bridgehead atoms. The van der Waals surface area contributed by atoms with Crippen LogP contribution in [0.25, 0.3) is 0 Å². The molecule has 2 rings (SSSR count). The van der Waals surface area contributed by atoms with E-state index in [1.165, 1.54) is 19.2 Å². The Labute approximate surface area is 130 Å². The van der Waals surface area contributed by atoms with Crippen LogP contribution in [0.2, 0.25) is 0 Å². The molecular weight excluding hydrogens is 306 g/mol. The zero-order valence-corrected chi connectivity index (χ0v) is 13.5. The number of carbonyl (C=O) groups excluding carboxylic acids is 1. The molecule has 1 fully saturated rings. The van der Waals surface area contributed by atoms with Gasteiger partial charge >= 0.3 is 0 Å². The molecule has 0 atom stereocenters. The number of amides is 1. The van der Waals surface area contributed by atoms with Crippen molar-refractivity contribution >= 4 is 21.6 Å². The largest absolute Gasteiger partial charge is 0.495 e. The molecule has 1 aliphatic carbocycles. The lowest BCUT2D eigenvalue weighted by atomic mass is 10.3. The molecule has 0 spiro atoms. The molecule has 0 unspecified atom stereocenters. The Kier molecular flexibility index (Phi) is 5.38. The molecular formula is C14H21N3O4S. The number of methoxy groups -OCH3 is 1. The first-order valence-corrected chi connectivity index (χ1v) is 8.59. The Balaban J connectivity index is 2.20. The average Bonchev–Trinajstić information content (AvgIpc) is 3.28. The maximum atomic E-state index is 12.4. The molecule has 8 heteroatoms. The number of nitrogens with one attached hydrogen (secondary N) is 3. The minimum Gasteiger partial charge on any atom is -0.495 e. The van der Waals surface area contributed by atoms with E-state index in [1.807, 2.05) is 0 Å². The van der Waals surface area contributed by atoms with Crippen LogP contribution in [-0.4, -0.2) is 41.1 Å². The van der Waals surface area contributed by atoms with E-state index >= 15 is 0 Å².